The van der Waals surface area contributed by atoms with E-state index >= 15 is 0 Å². The lowest BCUT2D eigenvalue weighted by atomic mass is 10.2. The van der Waals surface area contributed by atoms with Crippen LogP contribution in [0, 0.1) is 12.8 Å². The lowest BCUT2D eigenvalue weighted by molar-refractivity contribution is -0.117. The number of benzene rings is 1. The summed E-state index contributed by atoms with van der Waals surface area (Å²) in [5.74, 6) is 0.661. The van der Waals surface area contributed by atoms with Crippen molar-refractivity contribution in [3.05, 3.63) is 28.2 Å². The van der Waals surface area contributed by atoms with Gasteiger partial charge in [0.15, 0.2) is 0 Å². The third kappa shape index (κ3) is 2.48. The van der Waals surface area contributed by atoms with Gasteiger partial charge in [0, 0.05) is 28.5 Å². The van der Waals surface area contributed by atoms with Gasteiger partial charge in [0.25, 0.3) is 0 Å². The summed E-state index contributed by atoms with van der Waals surface area (Å²) in [6.45, 7) is 2.86. The van der Waals surface area contributed by atoms with Crippen LogP contribution in [0.15, 0.2) is 22.7 Å². The Morgan fingerprint density at radius 1 is 1.44 bits per heavy atom. The third-order valence-electron chi connectivity index (χ3n) is 2.76. The van der Waals surface area contributed by atoms with E-state index in [9.17, 15) is 4.79 Å². The molecule has 2 nitrogen and oxygen atoms in total. The molecule has 1 amide bonds. The SMILES string of the molecule is Cc1cc(Br)cc(N2CC(CBr)CC2=O)c1. The molecule has 1 unspecified atom stereocenters. The molecule has 1 atom stereocenters. The first-order chi connectivity index (χ1) is 7.60. The first-order valence-electron chi connectivity index (χ1n) is 5.23. The molecule has 16 heavy (non-hydrogen) atoms. The average molecular weight is 347 g/mol. The van der Waals surface area contributed by atoms with Crippen molar-refractivity contribution in [1.29, 1.82) is 0 Å². The zero-order valence-corrected chi connectivity index (χ0v) is 12.2. The lowest BCUT2D eigenvalue weighted by Gasteiger charge is -2.17. The Kier molecular flexibility index (Phi) is 3.70. The zero-order chi connectivity index (χ0) is 11.7. The van der Waals surface area contributed by atoms with E-state index in [0.717, 1.165) is 22.0 Å². The average Bonchev–Trinajstić information content (AvgIpc) is 2.58. The van der Waals surface area contributed by atoms with E-state index < -0.39 is 0 Å². The molecule has 0 radical (unpaired) electrons. The van der Waals surface area contributed by atoms with E-state index in [1.807, 2.05) is 24.0 Å². The Morgan fingerprint density at radius 3 is 2.75 bits per heavy atom. The van der Waals surface area contributed by atoms with Crippen molar-refractivity contribution < 1.29 is 4.79 Å². The van der Waals surface area contributed by atoms with Gasteiger partial charge in [-0.1, -0.05) is 31.9 Å². The van der Waals surface area contributed by atoms with E-state index in [0.29, 0.717) is 12.3 Å². The van der Waals surface area contributed by atoms with Crippen LogP contribution in [0.5, 0.6) is 0 Å². The smallest absolute Gasteiger partial charge is 0.227 e. The first kappa shape index (κ1) is 12.1. The quantitative estimate of drug-likeness (QED) is 0.750. The fraction of sp³-hybridized carbons (Fsp3) is 0.417. The Hall–Kier alpha value is -0.350. The Labute approximate surface area is 112 Å². The summed E-state index contributed by atoms with van der Waals surface area (Å²) in [5, 5.41) is 0.891. The van der Waals surface area contributed by atoms with Crippen LogP contribution in [0.25, 0.3) is 0 Å². The number of nitrogens with zero attached hydrogens (tertiary/aromatic N) is 1. The highest BCUT2D eigenvalue weighted by molar-refractivity contribution is 9.10. The summed E-state index contributed by atoms with van der Waals surface area (Å²) in [5.41, 5.74) is 2.17. The molecule has 0 bridgehead atoms. The maximum Gasteiger partial charge on any atom is 0.227 e. The number of halogens is 2. The fourth-order valence-corrected chi connectivity index (χ4v) is 3.04. The summed E-state index contributed by atoms with van der Waals surface area (Å²) >= 11 is 6.91. The topological polar surface area (TPSA) is 20.3 Å². The summed E-state index contributed by atoms with van der Waals surface area (Å²) in [4.78, 5) is 13.7. The van der Waals surface area contributed by atoms with Gasteiger partial charge < -0.3 is 4.90 Å². The fourth-order valence-electron chi connectivity index (χ4n) is 2.01. The third-order valence-corrected chi connectivity index (χ3v) is 4.14. The van der Waals surface area contributed by atoms with Crippen molar-refractivity contribution >= 4 is 43.5 Å². The van der Waals surface area contributed by atoms with Crippen LogP contribution in [0.2, 0.25) is 0 Å². The first-order valence-corrected chi connectivity index (χ1v) is 7.15. The second kappa shape index (κ2) is 4.88. The van der Waals surface area contributed by atoms with Crippen molar-refractivity contribution in [2.45, 2.75) is 13.3 Å². The van der Waals surface area contributed by atoms with Crippen LogP contribution >= 0.6 is 31.9 Å². The highest BCUT2D eigenvalue weighted by Crippen LogP contribution is 2.29. The van der Waals surface area contributed by atoms with Gasteiger partial charge in [-0.3, -0.25) is 4.79 Å². The molecule has 0 spiro atoms. The molecule has 1 aromatic rings. The monoisotopic (exact) mass is 345 g/mol. The number of aryl methyl sites for hydroxylation is 1. The van der Waals surface area contributed by atoms with Crippen LogP contribution in [-0.2, 0) is 4.79 Å². The van der Waals surface area contributed by atoms with Gasteiger partial charge in [-0.15, -0.1) is 0 Å². The Morgan fingerprint density at radius 2 is 2.19 bits per heavy atom. The van der Waals surface area contributed by atoms with Crippen LogP contribution in [0.1, 0.15) is 12.0 Å². The van der Waals surface area contributed by atoms with Crippen LogP contribution in [0.4, 0.5) is 5.69 Å². The van der Waals surface area contributed by atoms with Crippen LogP contribution < -0.4 is 4.90 Å². The molecule has 0 saturated carbocycles. The highest BCUT2D eigenvalue weighted by atomic mass is 79.9. The molecule has 1 saturated heterocycles. The minimum absolute atomic E-state index is 0.224. The van der Waals surface area contributed by atoms with Gasteiger partial charge in [-0.2, -0.15) is 0 Å². The molecule has 1 aliphatic rings. The summed E-state index contributed by atoms with van der Waals surface area (Å²) in [6.07, 6.45) is 0.650. The van der Waals surface area contributed by atoms with Gasteiger partial charge in [0.2, 0.25) is 5.91 Å². The molecular weight excluding hydrogens is 334 g/mol. The molecule has 1 heterocycles. The number of carbonyl (C=O) groups excluding carboxylic acids is 1. The maximum absolute atomic E-state index is 11.9. The zero-order valence-electron chi connectivity index (χ0n) is 9.04. The van der Waals surface area contributed by atoms with Gasteiger partial charge in [-0.25, -0.2) is 0 Å². The van der Waals surface area contributed by atoms with Gasteiger partial charge >= 0.3 is 0 Å². The highest BCUT2D eigenvalue weighted by Gasteiger charge is 2.29. The standard InChI is InChI=1S/C12H13Br2NO/c1-8-2-10(14)5-11(3-8)15-7-9(6-13)4-12(15)16/h2-3,5,9H,4,6-7H2,1H3. The molecule has 1 aliphatic heterocycles. The predicted octanol–water partition coefficient (Wildman–Crippen LogP) is 3.51. The number of anilines is 1. The van der Waals surface area contributed by atoms with Crippen LogP contribution in [0.3, 0.4) is 0 Å². The van der Waals surface area contributed by atoms with Crippen molar-refractivity contribution in [3.8, 4) is 0 Å². The van der Waals surface area contributed by atoms with Gasteiger partial charge in [0.05, 0.1) is 0 Å². The normalized spacial score (nSPS) is 20.6. The minimum Gasteiger partial charge on any atom is -0.312 e. The Bertz CT molecular complexity index is 399. The van der Waals surface area contributed by atoms with E-state index in [1.165, 1.54) is 5.56 Å². The van der Waals surface area contributed by atoms with Crippen molar-refractivity contribution in [3.63, 3.8) is 0 Å². The second-order valence-corrected chi connectivity index (χ2v) is 5.78. The van der Waals surface area contributed by atoms with E-state index in [1.54, 1.807) is 0 Å². The molecular formula is C12H13Br2NO. The van der Waals surface area contributed by atoms with Gasteiger partial charge in [-0.05, 0) is 36.6 Å². The Balaban J connectivity index is 2.27. The predicted molar refractivity (Wildman–Crippen MR) is 73.1 cm³/mol. The largest absolute Gasteiger partial charge is 0.312 e. The van der Waals surface area contributed by atoms with Crippen molar-refractivity contribution in [2.75, 3.05) is 16.8 Å². The summed E-state index contributed by atoms with van der Waals surface area (Å²) in [6, 6.07) is 6.10. The molecule has 0 aromatic heterocycles. The molecule has 0 N–H and O–H groups in total. The van der Waals surface area contributed by atoms with Crippen LogP contribution in [-0.4, -0.2) is 17.8 Å². The number of rotatable bonds is 2. The van der Waals surface area contributed by atoms with E-state index in [-0.39, 0.29) is 5.91 Å². The molecule has 1 aromatic carbocycles. The minimum atomic E-state index is 0.224. The van der Waals surface area contributed by atoms with E-state index in [2.05, 4.69) is 37.9 Å². The molecule has 4 heteroatoms. The lowest BCUT2D eigenvalue weighted by Crippen LogP contribution is -2.24. The number of hydrogen-bond donors (Lipinski definition) is 0. The van der Waals surface area contributed by atoms with E-state index in [4.69, 9.17) is 0 Å². The number of amides is 1. The number of alkyl halides is 1. The van der Waals surface area contributed by atoms with Crippen molar-refractivity contribution in [1.82, 2.24) is 0 Å². The van der Waals surface area contributed by atoms with Crippen molar-refractivity contribution in [2.24, 2.45) is 5.92 Å². The summed E-state index contributed by atoms with van der Waals surface area (Å²) in [7, 11) is 0. The summed E-state index contributed by atoms with van der Waals surface area (Å²) < 4.78 is 1.03. The number of hydrogen-bond acceptors (Lipinski definition) is 1. The molecule has 86 valence electrons. The molecule has 0 aliphatic carbocycles. The second-order valence-electron chi connectivity index (χ2n) is 4.22. The molecule has 1 fully saturated rings. The number of carbonyl (C=O) groups is 1. The maximum atomic E-state index is 11.9. The molecule has 2 rings (SSSR count). The van der Waals surface area contributed by atoms with Gasteiger partial charge in [0.1, 0.15) is 0 Å².